The Hall–Kier alpha value is -0.750. The van der Waals surface area contributed by atoms with Crippen LogP contribution in [0.5, 0.6) is 0 Å². The zero-order chi connectivity index (χ0) is 28.8. The molecule has 0 aliphatic heterocycles. The van der Waals surface area contributed by atoms with Crippen molar-refractivity contribution in [3.63, 3.8) is 0 Å². The maximum absolute atomic E-state index is 5.72. The highest BCUT2D eigenvalue weighted by Crippen LogP contribution is 2.28. The lowest BCUT2D eigenvalue weighted by Crippen LogP contribution is -2.04. The molecule has 0 bridgehead atoms. The maximum Gasteiger partial charge on any atom is 0.0223 e. The van der Waals surface area contributed by atoms with Gasteiger partial charge in [0, 0.05) is 5.88 Å². The summed E-state index contributed by atoms with van der Waals surface area (Å²) in [6, 6.07) is 0. The van der Waals surface area contributed by atoms with Crippen molar-refractivity contribution >= 4 is 11.6 Å². The number of rotatable bonds is 31. The molecule has 228 valence electrons. The van der Waals surface area contributed by atoms with Gasteiger partial charge in [-0.3, -0.25) is 0 Å². The molecule has 0 aromatic rings. The minimum Gasteiger partial charge on any atom is -0.127 e. The lowest BCUT2D eigenvalue weighted by molar-refractivity contribution is 0.434. The number of halogens is 1. The van der Waals surface area contributed by atoms with E-state index in [0.717, 1.165) is 24.6 Å². The van der Waals surface area contributed by atoms with Gasteiger partial charge in [-0.2, -0.15) is 0 Å². The highest BCUT2D eigenvalue weighted by molar-refractivity contribution is 6.17. The first-order chi connectivity index (χ1) is 19.0. The summed E-state index contributed by atoms with van der Waals surface area (Å²) in [7, 11) is 0. The molecule has 0 saturated carbocycles. The van der Waals surface area contributed by atoms with Crippen molar-refractivity contribution in [2.75, 3.05) is 5.88 Å². The van der Waals surface area contributed by atoms with Crippen molar-refractivity contribution in [2.45, 2.75) is 181 Å². The predicted octanol–water partition coefficient (Wildman–Crippen LogP) is 14.2. The van der Waals surface area contributed by atoms with Gasteiger partial charge in [0.05, 0.1) is 0 Å². The second-order valence-corrected chi connectivity index (χ2v) is 12.7. The van der Waals surface area contributed by atoms with Crippen molar-refractivity contribution in [1.29, 1.82) is 0 Å². The van der Waals surface area contributed by atoms with E-state index >= 15 is 0 Å². The summed E-state index contributed by atoms with van der Waals surface area (Å²) in [5, 5.41) is 0. The summed E-state index contributed by atoms with van der Waals surface area (Å²) in [5.74, 6) is 1.55. The van der Waals surface area contributed by atoms with E-state index in [2.05, 4.69) is 45.7 Å². The predicted molar refractivity (Wildman–Crippen MR) is 182 cm³/mol. The van der Waals surface area contributed by atoms with Crippen LogP contribution in [0.3, 0.4) is 0 Å². The van der Waals surface area contributed by atoms with E-state index in [0.29, 0.717) is 0 Å². The fourth-order valence-electron chi connectivity index (χ4n) is 5.42. The van der Waals surface area contributed by atoms with E-state index in [1.807, 2.05) is 0 Å². The van der Waals surface area contributed by atoms with Crippen LogP contribution in [-0.4, -0.2) is 5.88 Å². The van der Waals surface area contributed by atoms with Crippen LogP contribution < -0.4 is 0 Å². The fourth-order valence-corrected chi connectivity index (χ4v) is 5.61. The first-order valence-corrected chi connectivity index (χ1v) is 17.8. The smallest absolute Gasteiger partial charge is 0.0223 e. The lowest BCUT2D eigenvalue weighted by Gasteiger charge is -2.20. The normalized spacial score (nSPS) is 12.3. The zero-order valence-corrected chi connectivity index (χ0v) is 27.6. The number of alkyl halides is 1. The molecule has 0 radical (unpaired) electrons. The minimum atomic E-state index is 0.752. The van der Waals surface area contributed by atoms with Gasteiger partial charge in [-0.25, -0.2) is 0 Å². The number of allylic oxidation sites excluding steroid dienone is 5. The van der Waals surface area contributed by atoms with Crippen LogP contribution in [0.15, 0.2) is 48.6 Å². The van der Waals surface area contributed by atoms with E-state index in [4.69, 9.17) is 11.6 Å². The Balaban J connectivity index is 3.96. The molecule has 1 atom stereocenters. The lowest BCUT2D eigenvalue weighted by atomic mass is 9.86. The fraction of sp³-hybridized carbons (Fsp3) is 0.789. The van der Waals surface area contributed by atoms with Crippen LogP contribution in [0.25, 0.3) is 0 Å². The Morgan fingerprint density at radius 3 is 1.54 bits per heavy atom. The Labute approximate surface area is 252 Å². The van der Waals surface area contributed by atoms with Gasteiger partial charge in [0.1, 0.15) is 0 Å². The third kappa shape index (κ3) is 28.6. The summed E-state index contributed by atoms with van der Waals surface area (Å²) in [4.78, 5) is 0. The third-order valence-corrected chi connectivity index (χ3v) is 8.61. The van der Waals surface area contributed by atoms with E-state index in [-0.39, 0.29) is 0 Å². The molecule has 1 heteroatoms. The van der Waals surface area contributed by atoms with Gasteiger partial charge in [-0.05, 0) is 102 Å². The molecule has 0 saturated heterocycles. The molecule has 0 aromatic carbocycles. The third-order valence-electron chi connectivity index (χ3n) is 8.35. The molecule has 0 N–H and O–H groups in total. The molecule has 0 fully saturated rings. The molecule has 1 unspecified atom stereocenters. The van der Waals surface area contributed by atoms with Gasteiger partial charge in [0.2, 0.25) is 0 Å². The van der Waals surface area contributed by atoms with Gasteiger partial charge < -0.3 is 0 Å². The average Bonchev–Trinajstić information content (AvgIpc) is 2.93. The van der Waals surface area contributed by atoms with Crippen LogP contribution in [0.1, 0.15) is 181 Å². The van der Waals surface area contributed by atoms with Crippen molar-refractivity contribution in [3.05, 3.63) is 48.6 Å². The summed E-state index contributed by atoms with van der Waals surface area (Å²) < 4.78 is 0. The molecule has 0 aliphatic carbocycles. The molecule has 0 amide bonds. The summed E-state index contributed by atoms with van der Waals surface area (Å²) in [5.41, 5.74) is 4.37. The van der Waals surface area contributed by atoms with Crippen LogP contribution in [0.4, 0.5) is 0 Å². The Bertz CT molecular complexity index is 598. The largest absolute Gasteiger partial charge is 0.127 e. The van der Waals surface area contributed by atoms with Gasteiger partial charge >= 0.3 is 0 Å². The first kappa shape index (κ1) is 38.2. The summed E-state index contributed by atoms with van der Waals surface area (Å²) >= 11 is 5.72. The molecule has 0 aliphatic rings. The number of unbranched alkanes of at least 4 members (excludes halogenated alkanes) is 15. The standard InChI is InChI=1S/C38H69Cl/c1-6-8-9-10-21-24-27-36(4)30-32-38(31-29-35(3)7-2)34-37(5)28-25-22-19-17-15-13-11-12-14-16-18-20-23-26-33-39/h16,18,38H,3-15,17,19-34H2,1-2H3/b18-16-. The first-order valence-electron chi connectivity index (χ1n) is 17.2. The molecule has 0 heterocycles. The topological polar surface area (TPSA) is 0 Å². The highest BCUT2D eigenvalue weighted by Gasteiger charge is 2.12. The molecule has 0 rings (SSSR count). The molecular weight excluding hydrogens is 492 g/mol. The number of hydrogen-bond acceptors (Lipinski definition) is 0. The second-order valence-electron chi connectivity index (χ2n) is 12.3. The van der Waals surface area contributed by atoms with E-state index < -0.39 is 0 Å². The molecule has 0 nitrogen and oxygen atoms in total. The van der Waals surface area contributed by atoms with Gasteiger partial charge in [-0.1, -0.05) is 133 Å². The average molecular weight is 561 g/mol. The van der Waals surface area contributed by atoms with Gasteiger partial charge in [-0.15, -0.1) is 11.6 Å². The number of hydrogen-bond donors (Lipinski definition) is 0. The van der Waals surface area contributed by atoms with Crippen LogP contribution in [0, 0.1) is 5.92 Å². The van der Waals surface area contributed by atoms with E-state index in [1.165, 1.54) is 171 Å². The molecule has 0 spiro atoms. The van der Waals surface area contributed by atoms with Crippen LogP contribution >= 0.6 is 11.6 Å². The van der Waals surface area contributed by atoms with Crippen molar-refractivity contribution < 1.29 is 0 Å². The van der Waals surface area contributed by atoms with Gasteiger partial charge in [0.15, 0.2) is 0 Å². The zero-order valence-electron chi connectivity index (χ0n) is 26.8. The van der Waals surface area contributed by atoms with Crippen LogP contribution in [0.2, 0.25) is 0 Å². The van der Waals surface area contributed by atoms with E-state index in [1.54, 1.807) is 0 Å². The minimum absolute atomic E-state index is 0.752. The molecular formula is C38H69Cl. The summed E-state index contributed by atoms with van der Waals surface area (Å²) in [6.07, 6.45) is 38.6. The Morgan fingerprint density at radius 1 is 0.538 bits per heavy atom. The summed E-state index contributed by atoms with van der Waals surface area (Å²) in [6.45, 7) is 17.7. The monoisotopic (exact) mass is 561 g/mol. The van der Waals surface area contributed by atoms with Crippen molar-refractivity contribution in [1.82, 2.24) is 0 Å². The second kappa shape index (κ2) is 30.2. The Kier molecular flexibility index (Phi) is 29.6. The molecule has 0 aromatic heterocycles. The van der Waals surface area contributed by atoms with Crippen molar-refractivity contribution in [2.24, 2.45) is 5.92 Å². The van der Waals surface area contributed by atoms with E-state index in [9.17, 15) is 0 Å². The van der Waals surface area contributed by atoms with Crippen molar-refractivity contribution in [3.8, 4) is 0 Å². The highest BCUT2D eigenvalue weighted by atomic mass is 35.5. The Morgan fingerprint density at radius 2 is 1.00 bits per heavy atom. The van der Waals surface area contributed by atoms with Gasteiger partial charge in [0.25, 0.3) is 0 Å². The maximum atomic E-state index is 5.72. The molecule has 39 heavy (non-hydrogen) atoms. The quantitative estimate of drug-likeness (QED) is 0.0449. The van der Waals surface area contributed by atoms with Crippen LogP contribution in [-0.2, 0) is 0 Å². The SMILES string of the molecule is C=C(CC)CCC(CCC(=C)CCCCCCCC)CC(=C)CCCCCCCCCC/C=C\CCCCCl.